The van der Waals surface area contributed by atoms with Crippen LogP contribution in [0, 0.1) is 5.92 Å². The Morgan fingerprint density at radius 2 is 2.04 bits per heavy atom. The Bertz CT molecular complexity index is 664. The number of benzene rings is 1. The smallest absolute Gasteiger partial charge is 0.407 e. The van der Waals surface area contributed by atoms with Crippen molar-refractivity contribution < 1.29 is 23.9 Å². The Balaban J connectivity index is 2.13. The van der Waals surface area contributed by atoms with E-state index in [0.29, 0.717) is 38.3 Å². The van der Waals surface area contributed by atoms with Crippen molar-refractivity contribution in [2.45, 2.75) is 25.8 Å². The average molecular weight is 392 g/mol. The molecule has 1 aromatic carbocycles. The number of para-hydroxylation sites is 1. The van der Waals surface area contributed by atoms with Crippen molar-refractivity contribution in [1.82, 2.24) is 10.2 Å². The molecule has 2 atom stereocenters. The van der Waals surface area contributed by atoms with Crippen molar-refractivity contribution in [1.29, 1.82) is 0 Å². The second kappa shape index (κ2) is 10.6. The molecule has 0 radical (unpaired) electrons. The minimum Gasteiger partial charge on any atom is -0.453 e. The van der Waals surface area contributed by atoms with E-state index in [2.05, 4.69) is 10.1 Å². The summed E-state index contributed by atoms with van der Waals surface area (Å²) >= 11 is 0. The number of alkyl carbamates (subject to hydrolysis) is 1. The molecule has 2 rings (SSSR count). The van der Waals surface area contributed by atoms with Gasteiger partial charge in [-0.25, -0.2) is 15.6 Å². The summed E-state index contributed by atoms with van der Waals surface area (Å²) in [5.41, 5.74) is 0.532. The Morgan fingerprint density at radius 1 is 1.32 bits per heavy atom. The van der Waals surface area contributed by atoms with Crippen molar-refractivity contribution in [2.24, 2.45) is 11.8 Å². The zero-order chi connectivity index (χ0) is 20.5. The molecule has 1 aliphatic rings. The van der Waals surface area contributed by atoms with E-state index in [1.165, 1.54) is 12.0 Å². The standard InChI is InChI=1S/C19H28N4O5/c1-3-10-22(12-16(24)23(20)15-7-5-4-6-8-15)18(25)17(21-19(26)27-2)14-9-11-28-13-14/h4-8,14,17H,3,9-13,20H2,1-2H3,(H,21,26)/t14-,17-/m0/s1. The Labute approximate surface area is 164 Å². The zero-order valence-corrected chi connectivity index (χ0v) is 16.3. The predicted molar refractivity (Wildman–Crippen MR) is 103 cm³/mol. The molecule has 1 fully saturated rings. The fraction of sp³-hybridized carbons (Fsp3) is 0.526. The monoisotopic (exact) mass is 392 g/mol. The molecule has 1 heterocycles. The Hall–Kier alpha value is -2.65. The number of methoxy groups -OCH3 is 1. The quantitative estimate of drug-likeness (QED) is 0.386. The molecule has 0 saturated carbocycles. The molecule has 0 spiro atoms. The highest BCUT2D eigenvalue weighted by molar-refractivity contribution is 5.96. The van der Waals surface area contributed by atoms with Crippen LogP contribution < -0.4 is 16.2 Å². The summed E-state index contributed by atoms with van der Waals surface area (Å²) in [6, 6.07) is 7.96. The van der Waals surface area contributed by atoms with Gasteiger partial charge in [-0.15, -0.1) is 0 Å². The number of rotatable bonds is 8. The molecule has 1 saturated heterocycles. The van der Waals surface area contributed by atoms with Crippen LogP contribution in [0.3, 0.4) is 0 Å². The largest absolute Gasteiger partial charge is 0.453 e. The van der Waals surface area contributed by atoms with Gasteiger partial charge in [-0.05, 0) is 25.0 Å². The maximum Gasteiger partial charge on any atom is 0.407 e. The number of nitrogens with one attached hydrogen (secondary N) is 1. The van der Waals surface area contributed by atoms with Crippen molar-refractivity contribution in [3.05, 3.63) is 30.3 Å². The van der Waals surface area contributed by atoms with Gasteiger partial charge in [0.25, 0.3) is 5.91 Å². The summed E-state index contributed by atoms with van der Waals surface area (Å²) in [4.78, 5) is 38.9. The van der Waals surface area contributed by atoms with Crippen molar-refractivity contribution >= 4 is 23.6 Å². The SMILES string of the molecule is CCCN(CC(=O)N(N)c1ccccc1)C(=O)[C@@H](NC(=O)OC)[C@H]1CCOC1. The van der Waals surface area contributed by atoms with Gasteiger partial charge in [-0.1, -0.05) is 25.1 Å². The average Bonchev–Trinajstić information content (AvgIpc) is 3.25. The van der Waals surface area contributed by atoms with Crippen LogP contribution in [-0.2, 0) is 19.1 Å². The molecule has 154 valence electrons. The highest BCUT2D eigenvalue weighted by Gasteiger charge is 2.36. The first-order valence-electron chi connectivity index (χ1n) is 9.31. The van der Waals surface area contributed by atoms with Crippen LogP contribution in [0.2, 0.25) is 0 Å². The second-order valence-corrected chi connectivity index (χ2v) is 6.60. The fourth-order valence-corrected chi connectivity index (χ4v) is 3.09. The number of hydrogen-bond donors (Lipinski definition) is 2. The van der Waals surface area contributed by atoms with E-state index in [-0.39, 0.29) is 18.4 Å². The van der Waals surface area contributed by atoms with Crippen LogP contribution >= 0.6 is 0 Å². The molecule has 0 aromatic heterocycles. The third kappa shape index (κ3) is 5.67. The lowest BCUT2D eigenvalue weighted by Gasteiger charge is -2.30. The maximum absolute atomic E-state index is 13.2. The van der Waals surface area contributed by atoms with Gasteiger partial charge in [0.2, 0.25) is 5.91 Å². The first-order chi connectivity index (χ1) is 13.5. The number of carbonyl (C=O) groups is 3. The number of nitrogens with two attached hydrogens (primary N) is 1. The van der Waals surface area contributed by atoms with Crippen LogP contribution in [0.15, 0.2) is 30.3 Å². The topological polar surface area (TPSA) is 114 Å². The summed E-state index contributed by atoms with van der Waals surface area (Å²) < 4.78 is 10.0. The van der Waals surface area contributed by atoms with Crippen molar-refractivity contribution in [3.63, 3.8) is 0 Å². The zero-order valence-electron chi connectivity index (χ0n) is 16.3. The molecule has 28 heavy (non-hydrogen) atoms. The third-order valence-electron chi connectivity index (χ3n) is 4.60. The lowest BCUT2D eigenvalue weighted by Crippen LogP contribution is -2.55. The number of ether oxygens (including phenoxy) is 2. The number of anilines is 1. The molecule has 9 nitrogen and oxygen atoms in total. The van der Waals surface area contributed by atoms with Gasteiger partial charge in [0.1, 0.15) is 12.6 Å². The second-order valence-electron chi connectivity index (χ2n) is 6.60. The Kier molecular flexibility index (Phi) is 8.21. The van der Waals surface area contributed by atoms with Crippen LogP contribution in [0.1, 0.15) is 19.8 Å². The molecule has 1 aliphatic heterocycles. The van der Waals surface area contributed by atoms with Crippen LogP contribution in [-0.4, -0.2) is 62.3 Å². The molecule has 3 amide bonds. The van der Waals surface area contributed by atoms with Crippen molar-refractivity contribution in [3.8, 4) is 0 Å². The summed E-state index contributed by atoms with van der Waals surface area (Å²) in [6.07, 6.45) is 0.598. The highest BCUT2D eigenvalue weighted by Crippen LogP contribution is 2.19. The van der Waals surface area contributed by atoms with Crippen LogP contribution in [0.5, 0.6) is 0 Å². The first-order valence-corrected chi connectivity index (χ1v) is 9.31. The number of hydrazine groups is 1. The van der Waals surface area contributed by atoms with E-state index in [1.54, 1.807) is 24.3 Å². The number of carbonyl (C=O) groups excluding carboxylic acids is 3. The number of amides is 3. The number of nitrogens with zero attached hydrogens (tertiary/aromatic N) is 2. The fourth-order valence-electron chi connectivity index (χ4n) is 3.09. The van der Waals surface area contributed by atoms with Gasteiger partial charge in [0, 0.05) is 19.1 Å². The summed E-state index contributed by atoms with van der Waals surface area (Å²) in [5, 5.41) is 3.62. The maximum atomic E-state index is 13.2. The molecular weight excluding hydrogens is 364 g/mol. The lowest BCUT2D eigenvalue weighted by molar-refractivity contribution is -0.138. The minimum absolute atomic E-state index is 0.177. The molecule has 1 aromatic rings. The summed E-state index contributed by atoms with van der Waals surface area (Å²) in [5.74, 6) is 4.97. The summed E-state index contributed by atoms with van der Waals surface area (Å²) in [7, 11) is 1.24. The third-order valence-corrected chi connectivity index (χ3v) is 4.60. The molecule has 3 N–H and O–H groups in total. The normalized spacial score (nSPS) is 16.9. The van der Waals surface area contributed by atoms with E-state index in [1.807, 2.05) is 13.0 Å². The van der Waals surface area contributed by atoms with E-state index in [9.17, 15) is 14.4 Å². The number of hydrogen-bond acceptors (Lipinski definition) is 6. The molecule has 0 aliphatic carbocycles. The van der Waals surface area contributed by atoms with Gasteiger partial charge < -0.3 is 19.7 Å². The van der Waals surface area contributed by atoms with E-state index < -0.39 is 18.0 Å². The van der Waals surface area contributed by atoms with Gasteiger partial charge in [-0.2, -0.15) is 0 Å². The molecule has 9 heteroatoms. The summed E-state index contributed by atoms with van der Waals surface area (Å²) in [6.45, 7) is 2.96. The molecular formula is C19H28N4O5. The first kappa shape index (κ1) is 21.6. The molecule has 0 unspecified atom stereocenters. The van der Waals surface area contributed by atoms with E-state index in [4.69, 9.17) is 10.6 Å². The predicted octanol–water partition coefficient (Wildman–Crippen LogP) is 0.893. The molecule has 0 bridgehead atoms. The van der Waals surface area contributed by atoms with Crippen LogP contribution in [0.4, 0.5) is 10.5 Å². The Morgan fingerprint density at radius 3 is 2.61 bits per heavy atom. The van der Waals surface area contributed by atoms with Crippen molar-refractivity contribution in [2.75, 3.05) is 38.4 Å². The van der Waals surface area contributed by atoms with Crippen LogP contribution in [0.25, 0.3) is 0 Å². The lowest BCUT2D eigenvalue weighted by atomic mass is 9.97. The highest BCUT2D eigenvalue weighted by atomic mass is 16.5. The van der Waals surface area contributed by atoms with Gasteiger partial charge in [-0.3, -0.25) is 9.59 Å². The van der Waals surface area contributed by atoms with Gasteiger partial charge >= 0.3 is 6.09 Å². The van der Waals surface area contributed by atoms with E-state index in [0.717, 1.165) is 5.01 Å². The minimum atomic E-state index is -0.822. The van der Waals surface area contributed by atoms with Gasteiger partial charge in [0.05, 0.1) is 19.4 Å². The van der Waals surface area contributed by atoms with E-state index >= 15 is 0 Å². The van der Waals surface area contributed by atoms with Gasteiger partial charge in [0.15, 0.2) is 0 Å².